The third-order valence-corrected chi connectivity index (χ3v) is 8.39. The largest absolute Gasteiger partial charge is 0.407 e. The Balaban J connectivity index is 2.97. The van der Waals surface area contributed by atoms with Crippen molar-refractivity contribution >= 4 is 19.9 Å². The second kappa shape index (κ2) is 6.73. The van der Waals surface area contributed by atoms with E-state index in [-0.39, 0.29) is 11.1 Å². The van der Waals surface area contributed by atoms with Crippen molar-refractivity contribution in [1.82, 2.24) is 0 Å². The van der Waals surface area contributed by atoms with Crippen LogP contribution in [0.3, 0.4) is 0 Å². The van der Waals surface area contributed by atoms with Crippen LogP contribution in [0.1, 0.15) is 32.4 Å². The second-order valence-corrected chi connectivity index (χ2v) is 11.4. The zero-order valence-corrected chi connectivity index (χ0v) is 14.4. The van der Waals surface area contributed by atoms with Crippen LogP contribution in [0.15, 0.2) is 42.5 Å². The van der Waals surface area contributed by atoms with E-state index in [1.165, 1.54) is 5.56 Å². The molecule has 1 unspecified atom stereocenters. The van der Waals surface area contributed by atoms with Gasteiger partial charge in [-0.05, 0) is 23.7 Å². The maximum Gasteiger partial charge on any atom is 0.193 e. The fraction of sp³-hybridized carbons (Fsp3) is 0.500. The summed E-state index contributed by atoms with van der Waals surface area (Å²) in [4.78, 5) is 0. The van der Waals surface area contributed by atoms with E-state index in [1.807, 2.05) is 24.3 Å². The normalized spacial score (nSPS) is 14.8. The van der Waals surface area contributed by atoms with Crippen molar-refractivity contribution in [3.63, 3.8) is 0 Å². The monoisotopic (exact) mass is 296 g/mol. The summed E-state index contributed by atoms with van der Waals surface area (Å²) in [6, 6.07) is 10.3. The Hall–Kier alpha value is -0.573. The molecule has 0 fully saturated rings. The number of halogens is 1. The summed E-state index contributed by atoms with van der Waals surface area (Å²) < 4.78 is 6.48. The van der Waals surface area contributed by atoms with Crippen LogP contribution in [-0.4, -0.2) is 14.2 Å². The number of hydrogen-bond acceptors (Lipinski definition) is 1. The Bertz CT molecular complexity index is 407. The molecule has 0 spiro atoms. The summed E-state index contributed by atoms with van der Waals surface area (Å²) in [5.74, 6) is 0.518. The summed E-state index contributed by atoms with van der Waals surface area (Å²) in [5.41, 5.74) is 1.19. The zero-order valence-electron chi connectivity index (χ0n) is 12.6. The third kappa shape index (κ3) is 4.79. The molecule has 19 heavy (non-hydrogen) atoms. The SMILES string of the molecule is CC(C)(C)[Si](C)(C)OC(/C=C/CCl)c1ccccc1. The number of benzene rings is 1. The predicted molar refractivity (Wildman–Crippen MR) is 87.3 cm³/mol. The van der Waals surface area contributed by atoms with Gasteiger partial charge in [0, 0.05) is 5.88 Å². The predicted octanol–water partition coefficient (Wildman–Crippen LogP) is 5.54. The Morgan fingerprint density at radius 2 is 1.79 bits per heavy atom. The van der Waals surface area contributed by atoms with Gasteiger partial charge in [0.05, 0.1) is 6.10 Å². The summed E-state index contributed by atoms with van der Waals surface area (Å²) in [6.07, 6.45) is 4.04. The van der Waals surface area contributed by atoms with Crippen molar-refractivity contribution in [1.29, 1.82) is 0 Å². The Morgan fingerprint density at radius 3 is 2.26 bits per heavy atom. The highest BCUT2D eigenvalue weighted by atomic mass is 35.5. The molecule has 0 saturated carbocycles. The highest BCUT2D eigenvalue weighted by Gasteiger charge is 2.38. The summed E-state index contributed by atoms with van der Waals surface area (Å²) in [6.45, 7) is 11.3. The quantitative estimate of drug-likeness (QED) is 0.393. The van der Waals surface area contributed by atoms with Gasteiger partial charge in [-0.1, -0.05) is 63.3 Å². The van der Waals surface area contributed by atoms with Crippen LogP contribution < -0.4 is 0 Å². The van der Waals surface area contributed by atoms with Crippen LogP contribution in [0, 0.1) is 0 Å². The minimum absolute atomic E-state index is 0.000779. The van der Waals surface area contributed by atoms with Crippen molar-refractivity contribution in [2.75, 3.05) is 5.88 Å². The van der Waals surface area contributed by atoms with Gasteiger partial charge in [-0.15, -0.1) is 11.6 Å². The van der Waals surface area contributed by atoms with E-state index in [0.29, 0.717) is 5.88 Å². The van der Waals surface area contributed by atoms with E-state index < -0.39 is 8.32 Å². The summed E-state index contributed by atoms with van der Waals surface area (Å²) in [5, 5.41) is 0.203. The van der Waals surface area contributed by atoms with Crippen LogP contribution in [0.4, 0.5) is 0 Å². The van der Waals surface area contributed by atoms with E-state index in [9.17, 15) is 0 Å². The summed E-state index contributed by atoms with van der Waals surface area (Å²) >= 11 is 5.76. The molecule has 0 aliphatic heterocycles. The summed E-state index contributed by atoms with van der Waals surface area (Å²) in [7, 11) is -1.80. The Labute approximate surface area is 123 Å². The van der Waals surface area contributed by atoms with Gasteiger partial charge >= 0.3 is 0 Å². The fourth-order valence-electron chi connectivity index (χ4n) is 1.53. The molecule has 0 N–H and O–H groups in total. The Morgan fingerprint density at radius 1 is 1.21 bits per heavy atom. The first-order valence-corrected chi connectivity index (χ1v) is 10.2. The number of rotatable bonds is 5. The lowest BCUT2D eigenvalue weighted by atomic mass is 10.1. The molecule has 1 nitrogen and oxygen atoms in total. The maximum atomic E-state index is 6.48. The molecule has 1 rings (SSSR count). The van der Waals surface area contributed by atoms with Gasteiger partial charge in [0.15, 0.2) is 8.32 Å². The molecule has 0 aliphatic carbocycles. The molecule has 3 heteroatoms. The zero-order chi connectivity index (χ0) is 14.5. The van der Waals surface area contributed by atoms with Gasteiger partial charge in [0.25, 0.3) is 0 Å². The second-order valence-electron chi connectivity index (χ2n) is 6.29. The van der Waals surface area contributed by atoms with Crippen molar-refractivity contribution in [3.8, 4) is 0 Å². The smallest absolute Gasteiger partial charge is 0.193 e. The molecule has 0 bridgehead atoms. The average Bonchev–Trinajstić information content (AvgIpc) is 2.34. The minimum Gasteiger partial charge on any atom is -0.407 e. The minimum atomic E-state index is -1.80. The fourth-order valence-corrected chi connectivity index (χ4v) is 2.84. The standard InChI is InChI=1S/C16H25ClOSi/c1-16(2,3)19(4,5)18-15(12-9-13-17)14-10-7-6-8-11-14/h6-12,15H,13H2,1-5H3/b12-9+. The lowest BCUT2D eigenvalue weighted by molar-refractivity contribution is 0.229. The first-order chi connectivity index (χ1) is 8.78. The van der Waals surface area contributed by atoms with E-state index in [2.05, 4.69) is 52.1 Å². The lowest BCUT2D eigenvalue weighted by Gasteiger charge is -2.38. The first kappa shape index (κ1) is 16.5. The highest BCUT2D eigenvalue weighted by molar-refractivity contribution is 6.74. The van der Waals surface area contributed by atoms with Crippen LogP contribution in [0.5, 0.6) is 0 Å². The van der Waals surface area contributed by atoms with Crippen molar-refractivity contribution in [2.24, 2.45) is 0 Å². The molecule has 0 amide bonds. The first-order valence-electron chi connectivity index (χ1n) is 6.73. The molecule has 1 atom stereocenters. The molecule has 0 aliphatic rings. The molecular weight excluding hydrogens is 272 g/mol. The van der Waals surface area contributed by atoms with E-state index in [4.69, 9.17) is 16.0 Å². The van der Waals surface area contributed by atoms with Gasteiger partial charge in [0.2, 0.25) is 0 Å². The van der Waals surface area contributed by atoms with Gasteiger partial charge in [-0.2, -0.15) is 0 Å². The molecular formula is C16H25ClOSi. The highest BCUT2D eigenvalue weighted by Crippen LogP contribution is 2.40. The molecule has 0 heterocycles. The molecule has 106 valence electrons. The van der Waals surface area contributed by atoms with Crippen molar-refractivity contribution in [2.45, 2.75) is 45.0 Å². The maximum absolute atomic E-state index is 6.48. The topological polar surface area (TPSA) is 9.23 Å². The van der Waals surface area contributed by atoms with Gasteiger partial charge in [-0.25, -0.2) is 0 Å². The Kier molecular flexibility index (Phi) is 5.84. The van der Waals surface area contributed by atoms with E-state index >= 15 is 0 Å². The van der Waals surface area contributed by atoms with Crippen LogP contribution >= 0.6 is 11.6 Å². The molecule has 0 aromatic heterocycles. The molecule has 0 radical (unpaired) electrons. The average molecular weight is 297 g/mol. The van der Waals surface area contributed by atoms with E-state index in [0.717, 1.165) is 0 Å². The number of allylic oxidation sites excluding steroid dienone is 1. The van der Waals surface area contributed by atoms with Crippen molar-refractivity contribution < 1.29 is 4.43 Å². The number of alkyl halides is 1. The van der Waals surface area contributed by atoms with Crippen molar-refractivity contribution in [3.05, 3.63) is 48.0 Å². The number of hydrogen-bond donors (Lipinski definition) is 0. The van der Waals surface area contributed by atoms with E-state index in [1.54, 1.807) is 0 Å². The lowest BCUT2D eigenvalue weighted by Crippen LogP contribution is -2.41. The van der Waals surface area contributed by atoms with Gasteiger partial charge < -0.3 is 4.43 Å². The molecule has 0 saturated heterocycles. The van der Waals surface area contributed by atoms with Crippen LogP contribution in [0.25, 0.3) is 0 Å². The van der Waals surface area contributed by atoms with Crippen LogP contribution in [-0.2, 0) is 4.43 Å². The van der Waals surface area contributed by atoms with Crippen LogP contribution in [0.2, 0.25) is 18.1 Å². The molecule has 1 aromatic carbocycles. The third-order valence-electron chi connectivity index (χ3n) is 3.76. The van der Waals surface area contributed by atoms with Gasteiger partial charge in [0.1, 0.15) is 0 Å². The van der Waals surface area contributed by atoms with Gasteiger partial charge in [-0.3, -0.25) is 0 Å². The molecule has 1 aromatic rings.